The van der Waals surface area contributed by atoms with Gasteiger partial charge in [-0.1, -0.05) is 0 Å². The van der Waals surface area contributed by atoms with E-state index in [0.717, 1.165) is 12.1 Å². The lowest BCUT2D eigenvalue weighted by atomic mass is 10.3. The van der Waals surface area contributed by atoms with Crippen molar-refractivity contribution < 1.29 is 4.74 Å². The Morgan fingerprint density at radius 3 is 3.09 bits per heavy atom. The minimum absolute atomic E-state index is 0.318. The van der Waals surface area contributed by atoms with E-state index in [1.54, 1.807) is 13.3 Å². The average molecular weight is 153 g/mol. The fraction of sp³-hybridized carbons (Fsp3) is 0.429. The van der Waals surface area contributed by atoms with E-state index in [2.05, 4.69) is 9.97 Å². The summed E-state index contributed by atoms with van der Waals surface area (Å²) in [5.74, 6) is 0.318. The zero-order valence-electron chi connectivity index (χ0n) is 6.45. The van der Waals surface area contributed by atoms with Crippen LogP contribution in [0, 0.1) is 0 Å². The van der Waals surface area contributed by atoms with Gasteiger partial charge in [0.05, 0.1) is 6.61 Å². The van der Waals surface area contributed by atoms with Crippen molar-refractivity contribution in [1.29, 1.82) is 0 Å². The molecule has 1 heterocycles. The molecule has 4 nitrogen and oxygen atoms in total. The first kappa shape index (κ1) is 7.94. The molecule has 1 rings (SSSR count). The normalized spacial score (nSPS) is 9.91. The standard InChI is InChI=1S/C7H11N3O/c1-11-5-3-6-2-4-9-7(8)10-6/h2,4H,3,5H2,1H3,(H2,8,9,10). The van der Waals surface area contributed by atoms with Gasteiger partial charge in [-0.2, -0.15) is 0 Å². The summed E-state index contributed by atoms with van der Waals surface area (Å²) < 4.78 is 4.88. The maximum absolute atomic E-state index is 5.37. The van der Waals surface area contributed by atoms with Crippen LogP contribution in [0.25, 0.3) is 0 Å². The molecule has 0 aromatic carbocycles. The fourth-order valence-electron chi connectivity index (χ4n) is 0.759. The Morgan fingerprint density at radius 2 is 2.45 bits per heavy atom. The topological polar surface area (TPSA) is 61.0 Å². The quantitative estimate of drug-likeness (QED) is 0.676. The highest BCUT2D eigenvalue weighted by atomic mass is 16.5. The molecule has 1 aromatic heterocycles. The van der Waals surface area contributed by atoms with Crippen LogP contribution in [-0.4, -0.2) is 23.7 Å². The van der Waals surface area contributed by atoms with Crippen LogP contribution in [0.3, 0.4) is 0 Å². The monoisotopic (exact) mass is 153 g/mol. The zero-order chi connectivity index (χ0) is 8.10. The van der Waals surface area contributed by atoms with Crippen molar-refractivity contribution >= 4 is 5.95 Å². The summed E-state index contributed by atoms with van der Waals surface area (Å²) in [5, 5.41) is 0. The third-order valence-electron chi connectivity index (χ3n) is 1.29. The summed E-state index contributed by atoms with van der Waals surface area (Å²) in [6.45, 7) is 0.663. The van der Waals surface area contributed by atoms with E-state index in [-0.39, 0.29) is 0 Å². The number of methoxy groups -OCH3 is 1. The number of nitrogen functional groups attached to an aromatic ring is 1. The number of aromatic nitrogens is 2. The molecule has 0 aliphatic carbocycles. The van der Waals surface area contributed by atoms with Gasteiger partial charge in [0.2, 0.25) is 5.95 Å². The second-order valence-corrected chi connectivity index (χ2v) is 2.15. The van der Waals surface area contributed by atoms with E-state index in [4.69, 9.17) is 10.5 Å². The summed E-state index contributed by atoms with van der Waals surface area (Å²) in [7, 11) is 1.66. The van der Waals surface area contributed by atoms with Crippen molar-refractivity contribution in [3.8, 4) is 0 Å². The van der Waals surface area contributed by atoms with E-state index in [0.29, 0.717) is 12.6 Å². The number of hydrogen-bond acceptors (Lipinski definition) is 4. The third-order valence-corrected chi connectivity index (χ3v) is 1.29. The van der Waals surface area contributed by atoms with Gasteiger partial charge in [-0.3, -0.25) is 0 Å². The third kappa shape index (κ3) is 2.51. The maximum atomic E-state index is 5.37. The Kier molecular flexibility index (Phi) is 2.80. The number of nitrogens with two attached hydrogens (primary N) is 1. The number of hydrogen-bond donors (Lipinski definition) is 1. The van der Waals surface area contributed by atoms with Gasteiger partial charge < -0.3 is 10.5 Å². The van der Waals surface area contributed by atoms with Crippen LogP contribution in [0.1, 0.15) is 5.69 Å². The van der Waals surface area contributed by atoms with Crippen LogP contribution in [0.2, 0.25) is 0 Å². The van der Waals surface area contributed by atoms with Crippen molar-refractivity contribution in [2.24, 2.45) is 0 Å². The van der Waals surface area contributed by atoms with Gasteiger partial charge in [0.1, 0.15) is 0 Å². The van der Waals surface area contributed by atoms with Gasteiger partial charge in [0.15, 0.2) is 0 Å². The maximum Gasteiger partial charge on any atom is 0.220 e. The predicted octanol–water partition coefficient (Wildman–Crippen LogP) is 0.248. The minimum Gasteiger partial charge on any atom is -0.384 e. The smallest absolute Gasteiger partial charge is 0.220 e. The molecule has 11 heavy (non-hydrogen) atoms. The summed E-state index contributed by atoms with van der Waals surface area (Å²) >= 11 is 0. The second-order valence-electron chi connectivity index (χ2n) is 2.15. The zero-order valence-corrected chi connectivity index (χ0v) is 6.45. The van der Waals surface area contributed by atoms with Crippen LogP contribution in [0.5, 0.6) is 0 Å². The first-order valence-corrected chi connectivity index (χ1v) is 3.39. The Balaban J connectivity index is 2.56. The molecule has 4 heteroatoms. The summed E-state index contributed by atoms with van der Waals surface area (Å²) in [6.07, 6.45) is 2.43. The number of ether oxygens (including phenoxy) is 1. The first-order chi connectivity index (χ1) is 5.33. The first-order valence-electron chi connectivity index (χ1n) is 3.39. The summed E-state index contributed by atoms with van der Waals surface area (Å²) in [6, 6.07) is 1.83. The Morgan fingerprint density at radius 1 is 1.64 bits per heavy atom. The molecule has 0 aliphatic heterocycles. The molecule has 1 aromatic rings. The average Bonchev–Trinajstić information content (AvgIpc) is 2.01. The van der Waals surface area contributed by atoms with Crippen LogP contribution >= 0.6 is 0 Å². The van der Waals surface area contributed by atoms with E-state index in [9.17, 15) is 0 Å². The lowest BCUT2D eigenvalue weighted by molar-refractivity contribution is 0.201. The van der Waals surface area contributed by atoms with Crippen molar-refractivity contribution in [3.63, 3.8) is 0 Å². The van der Waals surface area contributed by atoms with Crippen molar-refractivity contribution in [3.05, 3.63) is 18.0 Å². The highest BCUT2D eigenvalue weighted by Crippen LogP contribution is 1.96. The van der Waals surface area contributed by atoms with Gasteiger partial charge in [0.25, 0.3) is 0 Å². The van der Waals surface area contributed by atoms with Gasteiger partial charge in [-0.15, -0.1) is 0 Å². The van der Waals surface area contributed by atoms with Gasteiger partial charge in [-0.25, -0.2) is 9.97 Å². The molecule has 0 saturated heterocycles. The Hall–Kier alpha value is -1.16. The molecule has 2 N–H and O–H groups in total. The molecule has 60 valence electrons. The van der Waals surface area contributed by atoms with E-state index in [1.165, 1.54) is 0 Å². The van der Waals surface area contributed by atoms with Crippen LogP contribution in [-0.2, 0) is 11.2 Å². The SMILES string of the molecule is COCCc1ccnc(N)n1. The van der Waals surface area contributed by atoms with Crippen LogP contribution in [0.4, 0.5) is 5.95 Å². The Labute approximate surface area is 65.4 Å². The lowest BCUT2D eigenvalue weighted by Gasteiger charge is -1.98. The fourth-order valence-corrected chi connectivity index (χ4v) is 0.759. The van der Waals surface area contributed by atoms with Gasteiger partial charge in [-0.05, 0) is 6.07 Å². The van der Waals surface area contributed by atoms with Crippen LogP contribution in [0.15, 0.2) is 12.3 Å². The molecule has 0 fully saturated rings. The molecule has 0 atom stereocenters. The predicted molar refractivity (Wildman–Crippen MR) is 42.0 cm³/mol. The number of nitrogens with zero attached hydrogens (tertiary/aromatic N) is 2. The number of rotatable bonds is 3. The molecule has 0 aliphatic rings. The molecule has 0 unspecified atom stereocenters. The van der Waals surface area contributed by atoms with Gasteiger partial charge in [0, 0.05) is 25.4 Å². The van der Waals surface area contributed by atoms with Crippen molar-refractivity contribution in [2.45, 2.75) is 6.42 Å². The molecule has 0 radical (unpaired) electrons. The Bertz CT molecular complexity index is 227. The van der Waals surface area contributed by atoms with Crippen molar-refractivity contribution in [1.82, 2.24) is 9.97 Å². The van der Waals surface area contributed by atoms with Crippen LogP contribution < -0.4 is 5.73 Å². The molecular weight excluding hydrogens is 142 g/mol. The molecule has 0 saturated carbocycles. The molecule has 0 amide bonds. The highest BCUT2D eigenvalue weighted by Gasteiger charge is 1.94. The second kappa shape index (κ2) is 3.88. The largest absolute Gasteiger partial charge is 0.384 e. The van der Waals surface area contributed by atoms with E-state index in [1.807, 2.05) is 6.07 Å². The molecular formula is C7H11N3O. The highest BCUT2D eigenvalue weighted by molar-refractivity contribution is 5.17. The van der Waals surface area contributed by atoms with E-state index < -0.39 is 0 Å². The molecule has 0 spiro atoms. The summed E-state index contributed by atoms with van der Waals surface area (Å²) in [4.78, 5) is 7.77. The summed E-state index contributed by atoms with van der Waals surface area (Å²) in [5.41, 5.74) is 6.28. The van der Waals surface area contributed by atoms with Crippen molar-refractivity contribution in [2.75, 3.05) is 19.5 Å². The van der Waals surface area contributed by atoms with Gasteiger partial charge >= 0.3 is 0 Å². The number of anilines is 1. The lowest BCUT2D eigenvalue weighted by Crippen LogP contribution is -2.01. The van der Waals surface area contributed by atoms with E-state index >= 15 is 0 Å². The minimum atomic E-state index is 0.318. The molecule has 0 bridgehead atoms.